The predicted molar refractivity (Wildman–Crippen MR) is 97.2 cm³/mol. The summed E-state index contributed by atoms with van der Waals surface area (Å²) in [4.78, 5) is 20.8. The minimum Gasteiger partial charge on any atom is -0.370 e. The van der Waals surface area contributed by atoms with Crippen LogP contribution in [0.15, 0.2) is 48.7 Å². The maximum atomic E-state index is 12.5. The van der Waals surface area contributed by atoms with Gasteiger partial charge in [0.25, 0.3) is 0 Å². The van der Waals surface area contributed by atoms with Crippen molar-refractivity contribution in [2.75, 3.05) is 30.4 Å². The van der Waals surface area contributed by atoms with Crippen LogP contribution in [0.2, 0.25) is 0 Å². The fraction of sp³-hybridized carbons (Fsp3) is 0.368. The average molecular weight is 324 g/mol. The summed E-state index contributed by atoms with van der Waals surface area (Å²) in [5.74, 6) is 0. The number of hydrogen-bond donors (Lipinski definition) is 1. The van der Waals surface area contributed by atoms with Crippen LogP contribution in [0.25, 0.3) is 0 Å². The van der Waals surface area contributed by atoms with Crippen LogP contribution >= 0.6 is 0 Å². The minimum atomic E-state index is -0.120. The van der Waals surface area contributed by atoms with Crippen molar-refractivity contribution >= 4 is 17.4 Å². The third kappa shape index (κ3) is 4.04. The van der Waals surface area contributed by atoms with E-state index in [0.717, 1.165) is 30.2 Å². The lowest BCUT2D eigenvalue weighted by Crippen LogP contribution is -2.33. The highest BCUT2D eigenvalue weighted by atomic mass is 16.2. The van der Waals surface area contributed by atoms with Crippen molar-refractivity contribution < 1.29 is 4.79 Å². The van der Waals surface area contributed by atoms with Gasteiger partial charge in [0.2, 0.25) is 0 Å². The SMILES string of the molecule is CN(Cc1ccccn1)C(=O)Nc1ccccc1N1CCCCC1. The normalized spacial score (nSPS) is 14.3. The maximum absolute atomic E-state index is 12.5. The van der Waals surface area contributed by atoms with E-state index in [1.807, 2.05) is 36.4 Å². The Balaban J connectivity index is 1.67. The quantitative estimate of drug-likeness (QED) is 0.932. The largest absolute Gasteiger partial charge is 0.370 e. The third-order valence-electron chi connectivity index (χ3n) is 4.31. The molecule has 5 nitrogen and oxygen atoms in total. The van der Waals surface area contributed by atoms with Crippen LogP contribution in [0, 0.1) is 0 Å². The van der Waals surface area contributed by atoms with E-state index >= 15 is 0 Å². The topological polar surface area (TPSA) is 48.5 Å². The molecule has 1 fully saturated rings. The van der Waals surface area contributed by atoms with Crippen molar-refractivity contribution in [3.63, 3.8) is 0 Å². The van der Waals surface area contributed by atoms with Crippen molar-refractivity contribution in [1.82, 2.24) is 9.88 Å². The lowest BCUT2D eigenvalue weighted by atomic mass is 10.1. The van der Waals surface area contributed by atoms with Crippen LogP contribution in [0.1, 0.15) is 25.0 Å². The van der Waals surface area contributed by atoms with Crippen molar-refractivity contribution in [2.24, 2.45) is 0 Å². The van der Waals surface area contributed by atoms with Crippen molar-refractivity contribution in [1.29, 1.82) is 0 Å². The molecule has 0 atom stereocenters. The van der Waals surface area contributed by atoms with Crippen molar-refractivity contribution in [3.05, 3.63) is 54.4 Å². The first-order valence-corrected chi connectivity index (χ1v) is 8.50. The maximum Gasteiger partial charge on any atom is 0.321 e. The molecule has 0 saturated carbocycles. The van der Waals surface area contributed by atoms with Gasteiger partial charge in [0, 0.05) is 26.3 Å². The number of anilines is 2. The molecule has 1 aromatic carbocycles. The van der Waals surface area contributed by atoms with E-state index in [4.69, 9.17) is 0 Å². The number of nitrogens with one attached hydrogen (secondary N) is 1. The van der Waals surface area contributed by atoms with E-state index in [1.165, 1.54) is 19.3 Å². The summed E-state index contributed by atoms with van der Waals surface area (Å²) in [5.41, 5.74) is 2.86. The number of carbonyl (C=O) groups is 1. The van der Waals surface area contributed by atoms with Gasteiger partial charge in [-0.1, -0.05) is 18.2 Å². The van der Waals surface area contributed by atoms with Crippen LogP contribution in [-0.2, 0) is 6.54 Å². The van der Waals surface area contributed by atoms with Gasteiger partial charge in [0.1, 0.15) is 0 Å². The van der Waals surface area contributed by atoms with Gasteiger partial charge < -0.3 is 15.1 Å². The van der Waals surface area contributed by atoms with Gasteiger partial charge in [-0.25, -0.2) is 4.79 Å². The number of nitrogens with zero attached hydrogens (tertiary/aromatic N) is 3. The molecule has 0 radical (unpaired) electrons. The molecule has 5 heteroatoms. The number of aromatic nitrogens is 1. The monoisotopic (exact) mass is 324 g/mol. The number of amides is 2. The van der Waals surface area contributed by atoms with E-state index < -0.39 is 0 Å². The van der Waals surface area contributed by atoms with Gasteiger partial charge in [-0.2, -0.15) is 0 Å². The first-order valence-electron chi connectivity index (χ1n) is 8.50. The summed E-state index contributed by atoms with van der Waals surface area (Å²) in [6.45, 7) is 2.59. The van der Waals surface area contributed by atoms with Crippen LogP contribution in [0.5, 0.6) is 0 Å². The Labute approximate surface area is 143 Å². The van der Waals surface area contributed by atoms with E-state index in [-0.39, 0.29) is 6.03 Å². The molecule has 0 aliphatic carbocycles. The molecular weight excluding hydrogens is 300 g/mol. The minimum absolute atomic E-state index is 0.120. The molecule has 2 aromatic rings. The molecule has 24 heavy (non-hydrogen) atoms. The zero-order valence-corrected chi connectivity index (χ0v) is 14.1. The second kappa shape index (κ2) is 7.81. The van der Waals surface area contributed by atoms with Crippen LogP contribution in [-0.4, -0.2) is 36.1 Å². The molecule has 3 rings (SSSR count). The Morgan fingerprint density at radius 3 is 2.62 bits per heavy atom. The number of benzene rings is 1. The molecule has 1 aliphatic heterocycles. The highest BCUT2D eigenvalue weighted by Crippen LogP contribution is 2.28. The predicted octanol–water partition coefficient (Wildman–Crippen LogP) is 3.74. The Morgan fingerprint density at radius 1 is 1.12 bits per heavy atom. The second-order valence-corrected chi connectivity index (χ2v) is 6.17. The Bertz CT molecular complexity index is 668. The van der Waals surface area contributed by atoms with Gasteiger partial charge in [-0.3, -0.25) is 4.98 Å². The molecule has 1 aliphatic rings. The number of urea groups is 1. The zero-order chi connectivity index (χ0) is 16.8. The van der Waals surface area contributed by atoms with Gasteiger partial charge in [0.15, 0.2) is 0 Å². The van der Waals surface area contributed by atoms with Crippen LogP contribution in [0.3, 0.4) is 0 Å². The zero-order valence-electron chi connectivity index (χ0n) is 14.1. The molecule has 1 aromatic heterocycles. The molecule has 1 saturated heterocycles. The van der Waals surface area contributed by atoms with Gasteiger partial charge >= 0.3 is 6.03 Å². The summed E-state index contributed by atoms with van der Waals surface area (Å²) in [6, 6.07) is 13.6. The first-order chi connectivity index (χ1) is 11.7. The summed E-state index contributed by atoms with van der Waals surface area (Å²) in [5, 5.41) is 3.05. The van der Waals surface area contributed by atoms with Gasteiger partial charge in [-0.15, -0.1) is 0 Å². The van der Waals surface area contributed by atoms with Gasteiger partial charge in [-0.05, 0) is 43.5 Å². The number of piperidine rings is 1. The van der Waals surface area contributed by atoms with Crippen LogP contribution in [0.4, 0.5) is 16.2 Å². The number of pyridine rings is 1. The molecule has 126 valence electrons. The highest BCUT2D eigenvalue weighted by Gasteiger charge is 2.17. The van der Waals surface area contributed by atoms with E-state index in [9.17, 15) is 4.79 Å². The molecule has 2 heterocycles. The number of carbonyl (C=O) groups excluding carboxylic acids is 1. The Kier molecular flexibility index (Phi) is 5.31. The lowest BCUT2D eigenvalue weighted by Gasteiger charge is -2.31. The third-order valence-corrected chi connectivity index (χ3v) is 4.31. The van der Waals surface area contributed by atoms with Gasteiger partial charge in [0.05, 0.1) is 23.6 Å². The average Bonchev–Trinajstić information content (AvgIpc) is 2.63. The fourth-order valence-electron chi connectivity index (χ4n) is 3.01. The number of para-hydroxylation sites is 2. The van der Waals surface area contributed by atoms with Crippen molar-refractivity contribution in [2.45, 2.75) is 25.8 Å². The van der Waals surface area contributed by atoms with E-state index in [0.29, 0.717) is 6.54 Å². The first kappa shape index (κ1) is 16.3. The van der Waals surface area contributed by atoms with E-state index in [1.54, 1.807) is 18.1 Å². The molecule has 0 bridgehead atoms. The number of hydrogen-bond acceptors (Lipinski definition) is 3. The highest BCUT2D eigenvalue weighted by molar-refractivity contribution is 5.93. The van der Waals surface area contributed by atoms with E-state index in [2.05, 4.69) is 21.3 Å². The Morgan fingerprint density at radius 2 is 1.88 bits per heavy atom. The standard InChI is InChI=1S/C19H24N4O/c1-22(15-16-9-5-6-12-20-16)19(24)21-17-10-3-4-11-18(17)23-13-7-2-8-14-23/h3-6,9-12H,2,7-8,13-15H2,1H3,(H,21,24). The number of rotatable bonds is 4. The summed E-state index contributed by atoms with van der Waals surface area (Å²) in [7, 11) is 1.79. The summed E-state index contributed by atoms with van der Waals surface area (Å²) in [6.07, 6.45) is 5.45. The Hall–Kier alpha value is -2.56. The van der Waals surface area contributed by atoms with Crippen molar-refractivity contribution in [3.8, 4) is 0 Å². The molecule has 2 amide bonds. The fourth-order valence-corrected chi connectivity index (χ4v) is 3.01. The molecule has 0 unspecified atom stereocenters. The van der Waals surface area contributed by atoms with Crippen LogP contribution < -0.4 is 10.2 Å². The smallest absolute Gasteiger partial charge is 0.321 e. The second-order valence-electron chi connectivity index (χ2n) is 6.17. The molecule has 0 spiro atoms. The summed E-state index contributed by atoms with van der Waals surface area (Å²) < 4.78 is 0. The lowest BCUT2D eigenvalue weighted by molar-refractivity contribution is 0.220. The summed E-state index contributed by atoms with van der Waals surface area (Å²) >= 11 is 0. The molecule has 1 N–H and O–H groups in total. The molecular formula is C19H24N4O.